The minimum Gasteiger partial charge on any atom is -0.486 e. The van der Waals surface area contributed by atoms with Crippen molar-refractivity contribution in [2.75, 3.05) is 25.1 Å². The third-order valence-corrected chi connectivity index (χ3v) is 3.86. The Morgan fingerprint density at radius 2 is 1.88 bits per heavy atom. The van der Waals surface area contributed by atoms with E-state index < -0.39 is 4.92 Å². The number of hydrogen-bond donors (Lipinski definition) is 2. The largest absolute Gasteiger partial charge is 0.486 e. The lowest BCUT2D eigenvalue weighted by atomic mass is 10.2. The summed E-state index contributed by atoms with van der Waals surface area (Å²) in [5.41, 5.74) is 1.30. The molecule has 3 rings (SSSR count). The van der Waals surface area contributed by atoms with Crippen LogP contribution in [0.15, 0.2) is 42.5 Å². The van der Waals surface area contributed by atoms with Gasteiger partial charge in [-0.05, 0) is 23.8 Å². The van der Waals surface area contributed by atoms with E-state index in [0.717, 1.165) is 5.56 Å². The summed E-state index contributed by atoms with van der Waals surface area (Å²) < 4.78 is 11.0. The predicted molar refractivity (Wildman–Crippen MR) is 95.5 cm³/mol. The summed E-state index contributed by atoms with van der Waals surface area (Å²) in [4.78, 5) is 22.5. The minimum atomic E-state index is -0.454. The summed E-state index contributed by atoms with van der Waals surface area (Å²) in [7, 11) is 0. The van der Waals surface area contributed by atoms with Gasteiger partial charge in [-0.2, -0.15) is 0 Å². The second-order valence-corrected chi connectivity index (χ2v) is 5.71. The van der Waals surface area contributed by atoms with E-state index in [4.69, 9.17) is 9.47 Å². The number of amides is 1. The van der Waals surface area contributed by atoms with E-state index >= 15 is 0 Å². The SMILES string of the molecule is O=C(CCNc1ccccc1[N+](=O)[O-])NCc1ccc2c(c1)OCCO2. The Morgan fingerprint density at radius 1 is 1.12 bits per heavy atom. The van der Waals surface area contributed by atoms with E-state index in [1.165, 1.54) is 6.07 Å². The summed E-state index contributed by atoms with van der Waals surface area (Å²) >= 11 is 0. The van der Waals surface area contributed by atoms with E-state index in [9.17, 15) is 14.9 Å². The zero-order valence-corrected chi connectivity index (χ0v) is 14.1. The maximum absolute atomic E-state index is 12.0. The Hall–Kier alpha value is -3.29. The minimum absolute atomic E-state index is 0.0100. The van der Waals surface area contributed by atoms with Crippen LogP contribution in [0, 0.1) is 10.1 Å². The fourth-order valence-corrected chi connectivity index (χ4v) is 2.58. The first-order valence-corrected chi connectivity index (χ1v) is 8.26. The molecule has 0 radical (unpaired) electrons. The fourth-order valence-electron chi connectivity index (χ4n) is 2.58. The number of ether oxygens (including phenoxy) is 2. The highest BCUT2D eigenvalue weighted by molar-refractivity contribution is 5.76. The second-order valence-electron chi connectivity index (χ2n) is 5.71. The Kier molecular flexibility index (Phi) is 5.52. The number of carbonyl (C=O) groups excluding carboxylic acids is 1. The molecule has 1 heterocycles. The van der Waals surface area contributed by atoms with Crippen molar-refractivity contribution in [2.24, 2.45) is 0 Å². The number of nitrogens with zero attached hydrogens (tertiary/aromatic N) is 1. The summed E-state index contributed by atoms with van der Waals surface area (Å²) in [6.07, 6.45) is 0.205. The molecular weight excluding hydrogens is 338 g/mol. The number of nitro benzene ring substituents is 1. The van der Waals surface area contributed by atoms with Crippen LogP contribution in [-0.4, -0.2) is 30.6 Å². The molecule has 0 saturated heterocycles. The zero-order chi connectivity index (χ0) is 18.4. The maximum atomic E-state index is 12.0. The van der Waals surface area contributed by atoms with Gasteiger partial charge in [0.25, 0.3) is 5.69 Å². The molecule has 0 atom stereocenters. The van der Waals surface area contributed by atoms with Crippen molar-refractivity contribution >= 4 is 17.3 Å². The molecule has 136 valence electrons. The lowest BCUT2D eigenvalue weighted by Gasteiger charge is -2.19. The fraction of sp³-hybridized carbons (Fsp3) is 0.278. The van der Waals surface area contributed by atoms with Crippen molar-refractivity contribution in [3.8, 4) is 11.5 Å². The summed E-state index contributed by atoms with van der Waals surface area (Å²) in [6, 6.07) is 11.9. The number of para-hydroxylation sites is 2. The topological polar surface area (TPSA) is 103 Å². The standard InChI is InChI=1S/C18H19N3O5/c22-18(7-8-19-14-3-1-2-4-15(14)21(23)24)20-12-13-5-6-16-17(11-13)26-10-9-25-16/h1-6,11,19H,7-10,12H2,(H,20,22). The first-order valence-electron chi connectivity index (χ1n) is 8.26. The molecule has 0 saturated carbocycles. The van der Waals surface area contributed by atoms with Gasteiger partial charge in [0, 0.05) is 25.6 Å². The summed E-state index contributed by atoms with van der Waals surface area (Å²) in [5, 5.41) is 16.7. The molecule has 2 aromatic rings. The van der Waals surface area contributed by atoms with Crippen molar-refractivity contribution in [2.45, 2.75) is 13.0 Å². The van der Waals surface area contributed by atoms with Crippen LogP contribution in [0.2, 0.25) is 0 Å². The van der Waals surface area contributed by atoms with Crippen LogP contribution in [0.4, 0.5) is 11.4 Å². The van der Waals surface area contributed by atoms with Crippen LogP contribution in [0.5, 0.6) is 11.5 Å². The number of rotatable bonds is 7. The molecule has 8 heteroatoms. The highest BCUT2D eigenvalue weighted by atomic mass is 16.6. The Bertz CT molecular complexity index is 809. The van der Waals surface area contributed by atoms with E-state index in [1.807, 2.05) is 18.2 Å². The van der Waals surface area contributed by atoms with Gasteiger partial charge in [0.05, 0.1) is 4.92 Å². The lowest BCUT2D eigenvalue weighted by molar-refractivity contribution is -0.384. The lowest BCUT2D eigenvalue weighted by Crippen LogP contribution is -2.25. The van der Waals surface area contributed by atoms with Gasteiger partial charge in [0.1, 0.15) is 18.9 Å². The van der Waals surface area contributed by atoms with Crippen LogP contribution < -0.4 is 20.1 Å². The van der Waals surface area contributed by atoms with Gasteiger partial charge in [0.15, 0.2) is 11.5 Å². The summed E-state index contributed by atoms with van der Waals surface area (Å²) in [5.74, 6) is 1.24. The van der Waals surface area contributed by atoms with Crippen LogP contribution >= 0.6 is 0 Å². The van der Waals surface area contributed by atoms with Crippen LogP contribution in [0.3, 0.4) is 0 Å². The molecule has 2 aromatic carbocycles. The molecule has 0 fully saturated rings. The highest BCUT2D eigenvalue weighted by Crippen LogP contribution is 2.30. The molecule has 0 bridgehead atoms. The zero-order valence-electron chi connectivity index (χ0n) is 14.1. The van der Waals surface area contributed by atoms with Crippen molar-refractivity contribution in [3.05, 3.63) is 58.1 Å². The van der Waals surface area contributed by atoms with Crippen LogP contribution in [0.1, 0.15) is 12.0 Å². The number of nitrogens with one attached hydrogen (secondary N) is 2. The number of benzene rings is 2. The van der Waals surface area contributed by atoms with Crippen molar-refractivity contribution in [1.82, 2.24) is 5.32 Å². The molecular formula is C18H19N3O5. The van der Waals surface area contributed by atoms with E-state index in [1.54, 1.807) is 18.2 Å². The van der Waals surface area contributed by atoms with Crippen LogP contribution in [-0.2, 0) is 11.3 Å². The monoisotopic (exact) mass is 357 g/mol. The van der Waals surface area contributed by atoms with Gasteiger partial charge in [-0.15, -0.1) is 0 Å². The molecule has 1 amide bonds. The Morgan fingerprint density at radius 3 is 2.69 bits per heavy atom. The third kappa shape index (κ3) is 4.41. The van der Waals surface area contributed by atoms with Crippen molar-refractivity contribution in [3.63, 3.8) is 0 Å². The molecule has 8 nitrogen and oxygen atoms in total. The Labute approximate surface area is 150 Å². The molecule has 2 N–H and O–H groups in total. The number of fused-ring (bicyclic) bond motifs is 1. The quantitative estimate of drug-likeness (QED) is 0.583. The van der Waals surface area contributed by atoms with E-state index in [-0.39, 0.29) is 18.0 Å². The first-order chi connectivity index (χ1) is 12.6. The van der Waals surface area contributed by atoms with E-state index in [0.29, 0.717) is 43.5 Å². The van der Waals surface area contributed by atoms with Gasteiger partial charge in [-0.25, -0.2) is 0 Å². The molecule has 1 aliphatic rings. The molecule has 0 aromatic heterocycles. The van der Waals surface area contributed by atoms with Gasteiger partial charge in [-0.3, -0.25) is 14.9 Å². The maximum Gasteiger partial charge on any atom is 0.292 e. The normalized spacial score (nSPS) is 12.3. The number of hydrogen-bond acceptors (Lipinski definition) is 6. The van der Waals surface area contributed by atoms with Gasteiger partial charge >= 0.3 is 0 Å². The third-order valence-electron chi connectivity index (χ3n) is 3.86. The molecule has 0 unspecified atom stereocenters. The average Bonchev–Trinajstić information content (AvgIpc) is 2.66. The van der Waals surface area contributed by atoms with Gasteiger partial charge in [-0.1, -0.05) is 18.2 Å². The predicted octanol–water partition coefficient (Wildman–Crippen LogP) is 2.48. The summed E-state index contributed by atoms with van der Waals surface area (Å²) in [6.45, 7) is 1.73. The van der Waals surface area contributed by atoms with E-state index in [2.05, 4.69) is 10.6 Å². The van der Waals surface area contributed by atoms with Crippen LogP contribution in [0.25, 0.3) is 0 Å². The van der Waals surface area contributed by atoms with Crippen molar-refractivity contribution < 1.29 is 19.2 Å². The number of carbonyl (C=O) groups is 1. The molecule has 26 heavy (non-hydrogen) atoms. The smallest absolute Gasteiger partial charge is 0.292 e. The molecule has 1 aliphatic heterocycles. The highest BCUT2D eigenvalue weighted by Gasteiger charge is 2.13. The molecule has 0 aliphatic carbocycles. The Balaban J connectivity index is 1.46. The first kappa shape index (κ1) is 17.5. The molecule has 0 spiro atoms. The average molecular weight is 357 g/mol. The van der Waals surface area contributed by atoms with Gasteiger partial charge in [0.2, 0.25) is 5.91 Å². The number of nitro groups is 1. The van der Waals surface area contributed by atoms with Crippen molar-refractivity contribution in [1.29, 1.82) is 0 Å². The number of anilines is 1. The van der Waals surface area contributed by atoms with Gasteiger partial charge < -0.3 is 20.1 Å². The second kappa shape index (κ2) is 8.19.